The molecule has 5 heteroatoms. The minimum atomic E-state index is -3.20. The molecule has 3 nitrogen and oxygen atoms in total. The molecule has 1 aliphatic heterocycles. The van der Waals surface area contributed by atoms with Crippen molar-refractivity contribution in [2.75, 3.05) is 6.61 Å². The summed E-state index contributed by atoms with van der Waals surface area (Å²) in [6.07, 6.45) is 0.712. The van der Waals surface area contributed by atoms with E-state index in [9.17, 15) is 4.57 Å². The smallest absolute Gasteiger partial charge is 0.305 e. The molecular formula is C19H21O3PS. The second-order valence-corrected chi connectivity index (χ2v) is 9.01. The normalized spacial score (nSPS) is 22.3. The van der Waals surface area contributed by atoms with Crippen molar-refractivity contribution >= 4 is 19.4 Å². The Balaban J connectivity index is 1.66. The molecule has 2 aromatic carbocycles. The van der Waals surface area contributed by atoms with Crippen molar-refractivity contribution in [3.8, 4) is 0 Å². The Morgan fingerprint density at radius 2 is 1.67 bits per heavy atom. The van der Waals surface area contributed by atoms with Gasteiger partial charge in [-0.3, -0.25) is 9.09 Å². The van der Waals surface area contributed by atoms with Crippen LogP contribution in [0.4, 0.5) is 0 Å². The van der Waals surface area contributed by atoms with Crippen LogP contribution >= 0.6 is 19.4 Å². The maximum atomic E-state index is 12.9. The third kappa shape index (κ3) is 4.40. The summed E-state index contributed by atoms with van der Waals surface area (Å²) in [5.41, 5.74) is 0.549. The first-order valence-electron chi connectivity index (χ1n) is 7.92. The lowest BCUT2D eigenvalue weighted by Gasteiger charge is -2.22. The molecule has 24 heavy (non-hydrogen) atoms. The molecule has 0 amide bonds. The maximum Gasteiger partial charge on any atom is 0.355 e. The standard InChI is InChI=1S/C19H21O3PS/c1-19(2)18(24-17-11-7-4-8-12-17)15-23(20,22-19)21-14-13-16-9-5-3-6-10-16/h3-12,15H,13-14H2,1-2H3. The number of benzene rings is 2. The number of rotatable bonds is 6. The maximum absolute atomic E-state index is 12.9. The number of hydrogen-bond donors (Lipinski definition) is 0. The van der Waals surface area contributed by atoms with Crippen LogP contribution in [0.5, 0.6) is 0 Å². The average molecular weight is 360 g/mol. The summed E-state index contributed by atoms with van der Waals surface area (Å²) in [6.45, 7) is 4.22. The lowest BCUT2D eigenvalue weighted by molar-refractivity contribution is 0.132. The van der Waals surface area contributed by atoms with Crippen LogP contribution in [-0.2, 0) is 20.0 Å². The Bertz CT molecular complexity index is 757. The molecule has 0 fully saturated rings. The molecule has 1 atom stereocenters. The topological polar surface area (TPSA) is 35.5 Å². The van der Waals surface area contributed by atoms with Gasteiger partial charge in [0.15, 0.2) is 0 Å². The highest BCUT2D eigenvalue weighted by atomic mass is 32.2. The fourth-order valence-corrected chi connectivity index (χ4v) is 5.81. The van der Waals surface area contributed by atoms with E-state index in [0.717, 1.165) is 15.4 Å². The molecule has 0 spiro atoms. The van der Waals surface area contributed by atoms with Crippen LogP contribution < -0.4 is 0 Å². The molecule has 0 saturated carbocycles. The highest BCUT2D eigenvalue weighted by molar-refractivity contribution is 8.03. The lowest BCUT2D eigenvalue weighted by atomic mass is 10.1. The van der Waals surface area contributed by atoms with Gasteiger partial charge in [0.25, 0.3) is 0 Å². The highest BCUT2D eigenvalue weighted by Crippen LogP contribution is 2.63. The summed E-state index contributed by atoms with van der Waals surface area (Å²) in [4.78, 5) is 2.02. The van der Waals surface area contributed by atoms with Gasteiger partial charge in [0.1, 0.15) is 5.60 Å². The van der Waals surface area contributed by atoms with E-state index in [1.165, 1.54) is 0 Å². The molecule has 0 bridgehead atoms. The van der Waals surface area contributed by atoms with Crippen molar-refractivity contribution in [1.29, 1.82) is 0 Å². The van der Waals surface area contributed by atoms with Crippen LogP contribution in [0.1, 0.15) is 19.4 Å². The summed E-state index contributed by atoms with van der Waals surface area (Å²) in [7, 11) is -3.20. The van der Waals surface area contributed by atoms with E-state index >= 15 is 0 Å². The fraction of sp³-hybridized carbons (Fsp3) is 0.263. The second kappa shape index (κ2) is 7.28. The third-order valence-corrected chi connectivity index (χ3v) is 7.04. The zero-order valence-corrected chi connectivity index (χ0v) is 15.6. The quantitative estimate of drug-likeness (QED) is 0.603. The van der Waals surface area contributed by atoms with Gasteiger partial charge in [-0.25, -0.2) is 0 Å². The van der Waals surface area contributed by atoms with Gasteiger partial charge in [0, 0.05) is 15.6 Å². The fourth-order valence-electron chi connectivity index (χ4n) is 2.45. The molecule has 0 aliphatic carbocycles. The van der Waals surface area contributed by atoms with Crippen molar-refractivity contribution in [2.24, 2.45) is 0 Å². The Labute approximate surface area is 147 Å². The van der Waals surface area contributed by atoms with Crippen LogP contribution in [0, 0.1) is 0 Å². The van der Waals surface area contributed by atoms with Crippen LogP contribution in [0.2, 0.25) is 0 Å². The van der Waals surface area contributed by atoms with Gasteiger partial charge in [-0.2, -0.15) is 0 Å². The predicted molar refractivity (Wildman–Crippen MR) is 99.3 cm³/mol. The van der Waals surface area contributed by atoms with Crippen LogP contribution in [-0.4, -0.2) is 12.2 Å². The highest BCUT2D eigenvalue weighted by Gasteiger charge is 2.42. The third-order valence-electron chi connectivity index (χ3n) is 3.70. The van der Waals surface area contributed by atoms with E-state index in [4.69, 9.17) is 9.05 Å². The second-order valence-electron chi connectivity index (χ2n) is 6.12. The molecule has 0 aromatic heterocycles. The SMILES string of the molecule is CC1(C)OP(=O)(OCCc2ccccc2)C=C1Sc1ccccc1. The Hall–Kier alpha value is -1.32. The monoisotopic (exact) mass is 360 g/mol. The summed E-state index contributed by atoms with van der Waals surface area (Å²) >= 11 is 1.57. The molecule has 1 heterocycles. The first-order valence-corrected chi connectivity index (χ1v) is 10.3. The van der Waals surface area contributed by atoms with Crippen LogP contribution in [0.25, 0.3) is 0 Å². The molecule has 0 N–H and O–H groups in total. The van der Waals surface area contributed by atoms with Gasteiger partial charge in [0.05, 0.1) is 6.61 Å². The largest absolute Gasteiger partial charge is 0.355 e. The van der Waals surface area contributed by atoms with Gasteiger partial charge < -0.3 is 4.52 Å². The lowest BCUT2D eigenvalue weighted by Crippen LogP contribution is -2.19. The van der Waals surface area contributed by atoms with Crippen molar-refractivity contribution in [3.63, 3.8) is 0 Å². The minimum absolute atomic E-state index is 0.372. The molecule has 1 aliphatic rings. The summed E-state index contributed by atoms with van der Waals surface area (Å²) in [5, 5.41) is 0. The zero-order chi connectivity index (χ0) is 17.0. The molecular weight excluding hydrogens is 339 g/mol. The Morgan fingerprint density at radius 1 is 1.04 bits per heavy atom. The van der Waals surface area contributed by atoms with E-state index in [-0.39, 0.29) is 0 Å². The molecule has 1 unspecified atom stereocenters. The molecule has 0 radical (unpaired) electrons. The van der Waals surface area contributed by atoms with Crippen molar-refractivity contribution in [2.45, 2.75) is 30.8 Å². The van der Waals surface area contributed by atoms with Crippen molar-refractivity contribution in [1.82, 2.24) is 0 Å². The van der Waals surface area contributed by atoms with E-state index in [1.54, 1.807) is 17.6 Å². The van der Waals surface area contributed by atoms with Gasteiger partial charge in [0.2, 0.25) is 0 Å². The number of thioether (sulfide) groups is 1. The van der Waals surface area contributed by atoms with E-state index < -0.39 is 13.2 Å². The minimum Gasteiger partial charge on any atom is -0.305 e. The summed E-state index contributed by atoms with van der Waals surface area (Å²) in [6, 6.07) is 20.0. The molecule has 126 valence electrons. The Morgan fingerprint density at radius 3 is 2.33 bits per heavy atom. The molecule has 0 saturated heterocycles. The summed E-state index contributed by atoms with van der Waals surface area (Å²) in [5.74, 6) is 1.68. The predicted octanol–water partition coefficient (Wildman–Crippen LogP) is 5.88. The average Bonchev–Trinajstić information content (AvgIpc) is 2.78. The van der Waals surface area contributed by atoms with Crippen molar-refractivity contribution < 1.29 is 13.6 Å². The van der Waals surface area contributed by atoms with Crippen molar-refractivity contribution in [3.05, 3.63) is 76.9 Å². The van der Waals surface area contributed by atoms with Crippen LogP contribution in [0.15, 0.2) is 76.3 Å². The summed E-state index contributed by atoms with van der Waals surface area (Å²) < 4.78 is 24.3. The van der Waals surface area contributed by atoms with Gasteiger partial charge in [-0.05, 0) is 38.0 Å². The van der Waals surface area contributed by atoms with Crippen LogP contribution in [0.3, 0.4) is 0 Å². The molecule has 2 aromatic rings. The van der Waals surface area contributed by atoms with Gasteiger partial charge >= 0.3 is 7.60 Å². The number of hydrogen-bond acceptors (Lipinski definition) is 4. The first kappa shape index (κ1) is 17.5. The molecule has 3 rings (SSSR count). The van der Waals surface area contributed by atoms with E-state index in [0.29, 0.717) is 13.0 Å². The zero-order valence-electron chi connectivity index (χ0n) is 13.8. The first-order chi connectivity index (χ1) is 11.5. The van der Waals surface area contributed by atoms with E-state index in [1.807, 2.05) is 74.5 Å². The Kier molecular flexibility index (Phi) is 5.31. The van der Waals surface area contributed by atoms with E-state index in [2.05, 4.69) is 0 Å². The van der Waals surface area contributed by atoms with Gasteiger partial charge in [-0.1, -0.05) is 60.3 Å². The van der Waals surface area contributed by atoms with Gasteiger partial charge in [-0.15, -0.1) is 0 Å².